The average Bonchev–Trinajstić information content (AvgIpc) is 2.73. The lowest BCUT2D eigenvalue weighted by Gasteiger charge is -2.43. The van der Waals surface area contributed by atoms with Crippen LogP contribution in [-0.2, 0) is 4.79 Å². The zero-order chi connectivity index (χ0) is 22.3. The minimum Gasteiger partial charge on any atom is -0.497 e. The first-order valence-electron chi connectivity index (χ1n) is 10.1. The molecule has 1 heterocycles. The number of halogens is 1. The number of ketones is 1. The number of nitriles is 1. The second-order valence-corrected chi connectivity index (χ2v) is 8.73. The van der Waals surface area contributed by atoms with Crippen LogP contribution in [-0.4, -0.2) is 12.9 Å². The monoisotopic (exact) mass is 417 g/mol. The van der Waals surface area contributed by atoms with Crippen LogP contribution in [0.3, 0.4) is 0 Å². The summed E-state index contributed by atoms with van der Waals surface area (Å²) in [6.45, 7) is 4.08. The molecule has 2 aromatic rings. The number of Topliss-reactive ketones (excluding diaryl/α,β-unsaturated/α-hetero) is 1. The molecule has 0 saturated carbocycles. The number of hydrogen-bond acceptors (Lipinski definition) is 5. The van der Waals surface area contributed by atoms with Crippen molar-refractivity contribution in [3.05, 3.63) is 82.6 Å². The third kappa shape index (κ3) is 3.57. The van der Waals surface area contributed by atoms with Crippen molar-refractivity contribution < 1.29 is 13.9 Å². The number of ether oxygens (including phenoxy) is 1. The Kier molecular flexibility index (Phi) is 5.06. The Bertz CT molecular complexity index is 1140. The highest BCUT2D eigenvalue weighted by molar-refractivity contribution is 6.01. The van der Waals surface area contributed by atoms with Crippen LogP contribution in [0.15, 0.2) is 71.2 Å². The SMILES string of the molecule is COc1ccc([C@H]2C(C#N)=C(N)N(c3ccc(F)cc3)C3=C2C(=O)CC(C)(C)C3)cc1. The number of benzene rings is 2. The van der Waals surface area contributed by atoms with Gasteiger partial charge in [0.25, 0.3) is 0 Å². The molecule has 0 bridgehead atoms. The Morgan fingerprint density at radius 1 is 1.13 bits per heavy atom. The molecule has 0 radical (unpaired) electrons. The summed E-state index contributed by atoms with van der Waals surface area (Å²) in [6, 6.07) is 15.5. The molecule has 2 N–H and O–H groups in total. The second kappa shape index (κ2) is 7.59. The summed E-state index contributed by atoms with van der Waals surface area (Å²) in [6.07, 6.45) is 0.992. The molecule has 4 rings (SSSR count). The molecule has 158 valence electrons. The fourth-order valence-corrected chi connectivity index (χ4v) is 4.52. The molecular weight excluding hydrogens is 393 g/mol. The first kappa shape index (κ1) is 20.7. The maximum absolute atomic E-state index is 13.6. The Hall–Kier alpha value is -3.59. The van der Waals surface area contributed by atoms with Gasteiger partial charge in [-0.15, -0.1) is 0 Å². The first-order chi connectivity index (χ1) is 14.8. The molecule has 0 spiro atoms. The molecular formula is C25H24FN3O2. The number of carbonyl (C=O) groups is 1. The van der Waals surface area contributed by atoms with E-state index in [2.05, 4.69) is 6.07 Å². The number of anilines is 1. The standard InChI is InChI=1S/C25H24FN3O2/c1-25(2)12-20-23(21(30)13-25)22(15-4-10-18(31-3)11-5-15)19(14-27)24(28)29(20)17-8-6-16(26)7-9-17/h4-11,22H,12-13,28H2,1-3H3/t22-/m0/s1. The van der Waals surface area contributed by atoms with Crippen molar-refractivity contribution >= 4 is 11.5 Å². The van der Waals surface area contributed by atoms with Gasteiger partial charge < -0.3 is 10.5 Å². The maximum atomic E-state index is 13.6. The van der Waals surface area contributed by atoms with E-state index in [-0.39, 0.29) is 22.8 Å². The molecule has 0 unspecified atom stereocenters. The molecule has 1 atom stereocenters. The molecule has 1 aliphatic heterocycles. The summed E-state index contributed by atoms with van der Waals surface area (Å²) < 4.78 is 18.8. The summed E-state index contributed by atoms with van der Waals surface area (Å²) in [5.74, 6) is 0.0345. The highest BCUT2D eigenvalue weighted by atomic mass is 19.1. The van der Waals surface area contributed by atoms with E-state index < -0.39 is 5.92 Å². The first-order valence-corrected chi connectivity index (χ1v) is 10.1. The molecule has 0 aromatic heterocycles. The van der Waals surface area contributed by atoms with Crippen LogP contribution < -0.4 is 15.4 Å². The topological polar surface area (TPSA) is 79.3 Å². The van der Waals surface area contributed by atoms with Crippen molar-refractivity contribution in [1.82, 2.24) is 0 Å². The molecule has 2 aromatic carbocycles. The van der Waals surface area contributed by atoms with Gasteiger partial charge in [0.15, 0.2) is 5.78 Å². The Labute approximate surface area is 181 Å². The highest BCUT2D eigenvalue weighted by Gasteiger charge is 2.44. The largest absolute Gasteiger partial charge is 0.497 e. The van der Waals surface area contributed by atoms with Gasteiger partial charge in [-0.25, -0.2) is 4.39 Å². The fraction of sp³-hybridized carbons (Fsp3) is 0.280. The maximum Gasteiger partial charge on any atom is 0.162 e. The van der Waals surface area contributed by atoms with E-state index in [1.165, 1.54) is 12.1 Å². The van der Waals surface area contributed by atoms with Crippen molar-refractivity contribution in [2.45, 2.75) is 32.6 Å². The van der Waals surface area contributed by atoms with E-state index in [9.17, 15) is 14.4 Å². The Balaban J connectivity index is 1.96. The van der Waals surface area contributed by atoms with Crippen molar-refractivity contribution in [3.8, 4) is 11.8 Å². The van der Waals surface area contributed by atoms with Crippen molar-refractivity contribution in [2.75, 3.05) is 12.0 Å². The molecule has 2 aliphatic rings. The van der Waals surface area contributed by atoms with E-state index in [0.29, 0.717) is 35.4 Å². The van der Waals surface area contributed by atoms with E-state index in [0.717, 1.165) is 11.3 Å². The molecule has 5 nitrogen and oxygen atoms in total. The summed E-state index contributed by atoms with van der Waals surface area (Å²) in [5, 5.41) is 10.0. The summed E-state index contributed by atoms with van der Waals surface area (Å²) in [5.41, 5.74) is 9.37. The van der Waals surface area contributed by atoms with Crippen molar-refractivity contribution in [1.29, 1.82) is 5.26 Å². The van der Waals surface area contributed by atoms with E-state index >= 15 is 0 Å². The van der Waals surface area contributed by atoms with Gasteiger partial charge in [0, 0.05) is 23.4 Å². The van der Waals surface area contributed by atoms with Crippen molar-refractivity contribution in [3.63, 3.8) is 0 Å². The minimum absolute atomic E-state index is 0.000528. The predicted octanol–water partition coefficient (Wildman–Crippen LogP) is 4.78. The van der Waals surface area contributed by atoms with Gasteiger partial charge in [-0.3, -0.25) is 9.69 Å². The van der Waals surface area contributed by atoms with E-state index in [1.807, 2.05) is 38.1 Å². The van der Waals surface area contributed by atoms with Crippen LogP contribution in [0.1, 0.15) is 38.2 Å². The van der Waals surface area contributed by atoms with E-state index in [1.54, 1.807) is 24.1 Å². The number of hydrogen-bond donors (Lipinski definition) is 1. The highest BCUT2D eigenvalue weighted by Crippen LogP contribution is 2.50. The lowest BCUT2D eigenvalue weighted by atomic mass is 9.68. The summed E-state index contributed by atoms with van der Waals surface area (Å²) in [4.78, 5) is 15.2. The number of carbonyl (C=O) groups excluding carboxylic acids is 1. The quantitative estimate of drug-likeness (QED) is 0.778. The molecule has 6 heteroatoms. The van der Waals surface area contributed by atoms with Crippen molar-refractivity contribution in [2.24, 2.45) is 11.1 Å². The van der Waals surface area contributed by atoms with Gasteiger partial charge in [-0.05, 0) is 53.8 Å². The summed E-state index contributed by atoms with van der Waals surface area (Å²) >= 11 is 0. The number of rotatable bonds is 3. The normalized spacial score (nSPS) is 20.4. The fourth-order valence-electron chi connectivity index (χ4n) is 4.52. The Morgan fingerprint density at radius 3 is 2.35 bits per heavy atom. The van der Waals surface area contributed by atoms with Gasteiger partial charge in [0.2, 0.25) is 0 Å². The molecule has 0 amide bonds. The van der Waals surface area contributed by atoms with Gasteiger partial charge in [0.05, 0.1) is 24.7 Å². The number of nitrogens with zero attached hydrogens (tertiary/aromatic N) is 2. The molecule has 0 saturated heterocycles. The molecule has 31 heavy (non-hydrogen) atoms. The minimum atomic E-state index is -0.550. The van der Waals surface area contributed by atoms with Crippen LogP contribution in [0.25, 0.3) is 0 Å². The van der Waals surface area contributed by atoms with Gasteiger partial charge in [-0.1, -0.05) is 26.0 Å². The molecule has 1 aliphatic carbocycles. The third-order valence-corrected chi connectivity index (χ3v) is 5.91. The third-order valence-electron chi connectivity index (χ3n) is 5.91. The van der Waals surface area contributed by atoms with Crippen LogP contribution in [0.5, 0.6) is 5.75 Å². The predicted molar refractivity (Wildman–Crippen MR) is 116 cm³/mol. The summed E-state index contributed by atoms with van der Waals surface area (Å²) in [7, 11) is 1.59. The molecule has 0 fully saturated rings. The number of allylic oxidation sites excluding steroid dienone is 3. The number of nitrogens with two attached hydrogens (primary N) is 1. The zero-order valence-corrected chi connectivity index (χ0v) is 17.8. The van der Waals surface area contributed by atoms with E-state index in [4.69, 9.17) is 10.5 Å². The average molecular weight is 417 g/mol. The number of methoxy groups -OCH3 is 1. The zero-order valence-electron chi connectivity index (χ0n) is 17.8. The Morgan fingerprint density at radius 2 is 1.77 bits per heavy atom. The van der Waals surface area contributed by atoms with Crippen LogP contribution in [0.4, 0.5) is 10.1 Å². The van der Waals surface area contributed by atoms with Crippen LogP contribution >= 0.6 is 0 Å². The van der Waals surface area contributed by atoms with Gasteiger partial charge in [0.1, 0.15) is 17.4 Å². The van der Waals surface area contributed by atoms with Crippen LogP contribution in [0, 0.1) is 22.6 Å². The lowest BCUT2D eigenvalue weighted by molar-refractivity contribution is -0.118. The second-order valence-electron chi connectivity index (χ2n) is 8.73. The van der Waals surface area contributed by atoms with Gasteiger partial charge in [-0.2, -0.15) is 5.26 Å². The van der Waals surface area contributed by atoms with Gasteiger partial charge >= 0.3 is 0 Å². The van der Waals surface area contributed by atoms with Crippen LogP contribution in [0.2, 0.25) is 0 Å². The smallest absolute Gasteiger partial charge is 0.162 e. The lowest BCUT2D eigenvalue weighted by Crippen LogP contribution is -2.42.